The molecule has 2 saturated carbocycles. The molecule has 0 aliphatic heterocycles. The second kappa shape index (κ2) is 5.79. The second-order valence-electron chi connectivity index (χ2n) is 8.96. The van der Waals surface area contributed by atoms with Crippen LogP contribution in [0.15, 0.2) is 24.8 Å². The van der Waals surface area contributed by atoms with E-state index in [2.05, 4.69) is 33.9 Å². The SMILES string of the molecule is C=C[C@](C)(O)CC[C@@H]1C(=C)CC[C@@H]2C(C)(C)C[C@@H](O)C[C@@]12C. The number of hydrogen-bond acceptors (Lipinski definition) is 2. The smallest absolute Gasteiger partial charge is 0.0797 e. The van der Waals surface area contributed by atoms with Gasteiger partial charge in [0, 0.05) is 0 Å². The standard InChI is InChI=1S/C20H34O2/c1-7-19(5,22)11-10-16-14(2)8-9-17-18(3,4)12-15(21)13-20(16,17)6/h7,15-17,21-22H,1-2,8-13H2,3-6H3/t15-,16-,17-,19+,20+/m1/s1. The molecule has 2 heteroatoms. The lowest BCUT2D eigenvalue weighted by Gasteiger charge is -2.59. The zero-order valence-electron chi connectivity index (χ0n) is 14.9. The highest BCUT2D eigenvalue weighted by atomic mass is 16.3. The Balaban J connectivity index is 2.26. The molecule has 0 bridgehead atoms. The summed E-state index contributed by atoms with van der Waals surface area (Å²) in [6.45, 7) is 16.9. The van der Waals surface area contributed by atoms with Crippen LogP contribution in [0.25, 0.3) is 0 Å². The largest absolute Gasteiger partial charge is 0.393 e. The van der Waals surface area contributed by atoms with Gasteiger partial charge in [-0.3, -0.25) is 0 Å². The first kappa shape index (κ1) is 17.7. The van der Waals surface area contributed by atoms with Gasteiger partial charge in [-0.15, -0.1) is 6.58 Å². The molecule has 2 nitrogen and oxygen atoms in total. The van der Waals surface area contributed by atoms with Gasteiger partial charge in [-0.1, -0.05) is 39.0 Å². The van der Waals surface area contributed by atoms with Gasteiger partial charge in [-0.25, -0.2) is 0 Å². The van der Waals surface area contributed by atoms with Crippen molar-refractivity contribution in [3.8, 4) is 0 Å². The predicted molar refractivity (Wildman–Crippen MR) is 92.5 cm³/mol. The van der Waals surface area contributed by atoms with Crippen molar-refractivity contribution in [3.05, 3.63) is 24.8 Å². The van der Waals surface area contributed by atoms with Crippen LogP contribution in [0.5, 0.6) is 0 Å². The van der Waals surface area contributed by atoms with Crippen LogP contribution in [0, 0.1) is 22.7 Å². The van der Waals surface area contributed by atoms with Crippen molar-refractivity contribution < 1.29 is 10.2 Å². The van der Waals surface area contributed by atoms with E-state index < -0.39 is 5.60 Å². The minimum absolute atomic E-state index is 0.0910. The quantitative estimate of drug-likeness (QED) is 0.752. The molecule has 2 rings (SSSR count). The summed E-state index contributed by atoms with van der Waals surface area (Å²) in [5.74, 6) is 1.000. The molecule has 0 amide bonds. The van der Waals surface area contributed by atoms with Crippen LogP contribution in [0.2, 0.25) is 0 Å². The summed E-state index contributed by atoms with van der Waals surface area (Å²) in [6.07, 6.45) is 7.08. The minimum Gasteiger partial charge on any atom is -0.393 e. The Kier molecular flexibility index (Phi) is 4.68. The molecular formula is C20H34O2. The van der Waals surface area contributed by atoms with Crippen LogP contribution in [0.4, 0.5) is 0 Å². The highest BCUT2D eigenvalue weighted by molar-refractivity contribution is 5.17. The molecule has 5 atom stereocenters. The monoisotopic (exact) mass is 306 g/mol. The number of allylic oxidation sites excluding steroid dienone is 1. The lowest BCUT2D eigenvalue weighted by Crippen LogP contribution is -2.53. The highest BCUT2D eigenvalue weighted by Crippen LogP contribution is 2.61. The van der Waals surface area contributed by atoms with Crippen molar-refractivity contribution in [1.29, 1.82) is 0 Å². The molecule has 126 valence electrons. The van der Waals surface area contributed by atoms with Crippen LogP contribution >= 0.6 is 0 Å². The van der Waals surface area contributed by atoms with Crippen LogP contribution in [0.1, 0.15) is 66.2 Å². The lowest BCUT2D eigenvalue weighted by molar-refractivity contribution is -0.108. The average molecular weight is 306 g/mol. The second-order valence-corrected chi connectivity index (χ2v) is 8.96. The molecule has 0 aromatic rings. The topological polar surface area (TPSA) is 40.5 Å². The van der Waals surface area contributed by atoms with Crippen molar-refractivity contribution in [2.45, 2.75) is 77.9 Å². The van der Waals surface area contributed by atoms with E-state index in [1.807, 2.05) is 6.92 Å². The van der Waals surface area contributed by atoms with Crippen molar-refractivity contribution in [3.63, 3.8) is 0 Å². The van der Waals surface area contributed by atoms with E-state index >= 15 is 0 Å². The van der Waals surface area contributed by atoms with E-state index in [0.29, 0.717) is 18.3 Å². The van der Waals surface area contributed by atoms with Gasteiger partial charge in [-0.2, -0.15) is 0 Å². The van der Waals surface area contributed by atoms with E-state index in [9.17, 15) is 10.2 Å². The molecule has 0 aromatic heterocycles. The van der Waals surface area contributed by atoms with Gasteiger partial charge >= 0.3 is 0 Å². The van der Waals surface area contributed by atoms with Gasteiger partial charge < -0.3 is 10.2 Å². The fourth-order valence-corrected chi connectivity index (χ4v) is 5.51. The Morgan fingerprint density at radius 3 is 2.55 bits per heavy atom. The summed E-state index contributed by atoms with van der Waals surface area (Å²) in [4.78, 5) is 0. The van der Waals surface area contributed by atoms with Crippen LogP contribution < -0.4 is 0 Å². The first-order valence-corrected chi connectivity index (χ1v) is 8.73. The summed E-state index contributed by atoms with van der Waals surface area (Å²) in [7, 11) is 0. The maximum Gasteiger partial charge on any atom is 0.0797 e. The Morgan fingerprint density at radius 2 is 1.95 bits per heavy atom. The molecule has 0 radical (unpaired) electrons. The molecule has 0 spiro atoms. The summed E-state index contributed by atoms with van der Waals surface area (Å²) < 4.78 is 0. The number of fused-ring (bicyclic) bond motifs is 1. The average Bonchev–Trinajstić information content (AvgIpc) is 2.35. The van der Waals surface area contributed by atoms with Gasteiger partial charge in [0.15, 0.2) is 0 Å². The summed E-state index contributed by atoms with van der Waals surface area (Å²) >= 11 is 0. The number of rotatable bonds is 4. The summed E-state index contributed by atoms with van der Waals surface area (Å²) in [5.41, 5.74) is 0.760. The van der Waals surface area contributed by atoms with Gasteiger partial charge in [0.05, 0.1) is 11.7 Å². The van der Waals surface area contributed by atoms with Gasteiger partial charge in [-0.05, 0) is 68.1 Å². The van der Waals surface area contributed by atoms with Crippen LogP contribution in [-0.4, -0.2) is 21.9 Å². The maximum absolute atomic E-state index is 10.4. The molecule has 0 heterocycles. The minimum atomic E-state index is -0.813. The van der Waals surface area contributed by atoms with E-state index in [4.69, 9.17) is 0 Å². The van der Waals surface area contributed by atoms with Gasteiger partial charge in [0.1, 0.15) is 0 Å². The van der Waals surface area contributed by atoms with Gasteiger partial charge in [0.2, 0.25) is 0 Å². The van der Waals surface area contributed by atoms with Crippen molar-refractivity contribution in [1.82, 2.24) is 0 Å². The van der Waals surface area contributed by atoms with Crippen LogP contribution in [0.3, 0.4) is 0 Å². The maximum atomic E-state index is 10.4. The molecule has 0 unspecified atom stereocenters. The Hall–Kier alpha value is -0.600. The van der Waals surface area contributed by atoms with E-state index in [0.717, 1.165) is 25.7 Å². The number of hydrogen-bond donors (Lipinski definition) is 2. The fourth-order valence-electron chi connectivity index (χ4n) is 5.51. The number of aliphatic hydroxyl groups is 2. The molecule has 0 aromatic carbocycles. The zero-order valence-corrected chi connectivity index (χ0v) is 14.9. The molecule has 2 aliphatic carbocycles. The van der Waals surface area contributed by atoms with Crippen molar-refractivity contribution in [2.24, 2.45) is 22.7 Å². The molecule has 0 saturated heterocycles. The fraction of sp³-hybridized carbons (Fsp3) is 0.800. The Morgan fingerprint density at radius 1 is 1.32 bits per heavy atom. The normalized spacial score (nSPS) is 40.6. The van der Waals surface area contributed by atoms with Crippen molar-refractivity contribution in [2.75, 3.05) is 0 Å². The highest BCUT2D eigenvalue weighted by Gasteiger charge is 2.54. The molecule has 2 N–H and O–H groups in total. The third-order valence-electron chi connectivity index (χ3n) is 6.60. The predicted octanol–water partition coefficient (Wildman–Crippen LogP) is 4.47. The summed E-state index contributed by atoms with van der Waals surface area (Å²) in [5, 5.41) is 20.7. The first-order chi connectivity index (χ1) is 10.0. The first-order valence-electron chi connectivity index (χ1n) is 8.73. The van der Waals surface area contributed by atoms with Crippen molar-refractivity contribution >= 4 is 0 Å². The molecule has 2 fully saturated rings. The summed E-state index contributed by atoms with van der Waals surface area (Å²) in [6, 6.07) is 0. The van der Waals surface area contributed by atoms with Crippen LogP contribution in [-0.2, 0) is 0 Å². The lowest BCUT2D eigenvalue weighted by atomic mass is 9.46. The third-order valence-corrected chi connectivity index (χ3v) is 6.60. The van der Waals surface area contributed by atoms with E-state index in [-0.39, 0.29) is 16.9 Å². The molecular weight excluding hydrogens is 272 g/mol. The Labute approximate surface area is 136 Å². The molecule has 2 aliphatic rings. The zero-order chi connectivity index (χ0) is 16.8. The van der Waals surface area contributed by atoms with E-state index in [1.54, 1.807) is 6.08 Å². The molecule has 22 heavy (non-hydrogen) atoms. The van der Waals surface area contributed by atoms with E-state index in [1.165, 1.54) is 12.0 Å². The Bertz CT molecular complexity index is 449. The number of aliphatic hydroxyl groups excluding tert-OH is 1. The van der Waals surface area contributed by atoms with Gasteiger partial charge in [0.25, 0.3) is 0 Å². The third kappa shape index (κ3) is 3.19.